The molecule has 0 N–H and O–H groups in total. The second-order valence-electron chi connectivity index (χ2n) is 4.55. The van der Waals surface area contributed by atoms with Crippen LogP contribution in [0.15, 0.2) is 17.0 Å². The van der Waals surface area contributed by atoms with Crippen molar-refractivity contribution in [3.05, 3.63) is 12.1 Å². The maximum absolute atomic E-state index is 12.1. The van der Waals surface area contributed by atoms with Gasteiger partial charge in [0.1, 0.15) is 11.0 Å². The fourth-order valence-corrected chi connectivity index (χ4v) is 3.95. The van der Waals surface area contributed by atoms with Crippen LogP contribution in [0.2, 0.25) is 0 Å². The molecule has 1 fully saturated rings. The van der Waals surface area contributed by atoms with Crippen LogP contribution in [0.4, 0.5) is 5.69 Å². The molecule has 20 heavy (non-hydrogen) atoms. The summed E-state index contributed by atoms with van der Waals surface area (Å²) in [7, 11) is -3.28. The molecule has 1 aromatic carbocycles. The minimum Gasteiger partial charge on any atom is -0.378 e. The molecule has 1 saturated heterocycles. The first-order valence-corrected chi connectivity index (χ1v) is 8.82. The summed E-state index contributed by atoms with van der Waals surface area (Å²) in [6.07, 6.45) is 0. The van der Waals surface area contributed by atoms with E-state index in [1.807, 2.05) is 6.07 Å². The summed E-state index contributed by atoms with van der Waals surface area (Å²) in [6, 6.07) is 3.48. The average molecular weight is 313 g/mol. The van der Waals surface area contributed by atoms with Gasteiger partial charge in [-0.25, -0.2) is 8.42 Å². The number of fused-ring (bicyclic) bond motifs is 1. The lowest BCUT2D eigenvalue weighted by Gasteiger charge is -2.29. The van der Waals surface area contributed by atoms with E-state index >= 15 is 0 Å². The monoisotopic (exact) mass is 313 g/mol. The molecule has 2 aromatic rings. The first kappa shape index (κ1) is 13.7. The van der Waals surface area contributed by atoms with Crippen molar-refractivity contribution in [1.82, 2.24) is 8.75 Å². The van der Waals surface area contributed by atoms with Gasteiger partial charge in [-0.05, 0) is 12.1 Å². The Morgan fingerprint density at radius 1 is 1.25 bits per heavy atom. The molecule has 0 unspecified atom stereocenters. The van der Waals surface area contributed by atoms with Crippen LogP contribution in [0, 0.1) is 0 Å². The molecule has 2 heterocycles. The first-order valence-electron chi connectivity index (χ1n) is 6.44. The predicted molar refractivity (Wildman–Crippen MR) is 78.2 cm³/mol. The lowest BCUT2D eigenvalue weighted by atomic mass is 10.2. The smallest absolute Gasteiger partial charge is 0.180 e. The van der Waals surface area contributed by atoms with Crippen LogP contribution >= 0.6 is 11.7 Å². The first-order chi connectivity index (χ1) is 9.63. The standard InChI is InChI=1S/C12H15N3O3S2/c1-2-20(16,17)10-4-3-9(11-12(10)14-19-13-11)15-5-7-18-8-6-15/h3-4H,2,5-8H2,1H3. The molecule has 1 aromatic heterocycles. The summed E-state index contributed by atoms with van der Waals surface area (Å²) in [5.74, 6) is 0.0660. The SMILES string of the molecule is CCS(=O)(=O)c1ccc(N2CCOCC2)c2nsnc12. The van der Waals surface area contributed by atoms with E-state index < -0.39 is 9.84 Å². The molecule has 6 nitrogen and oxygen atoms in total. The number of ether oxygens (including phenoxy) is 1. The molecule has 0 aliphatic carbocycles. The molecule has 1 aliphatic rings. The Hall–Kier alpha value is -1.25. The normalized spacial score (nSPS) is 16.8. The highest BCUT2D eigenvalue weighted by atomic mass is 32.2. The number of nitrogens with zero attached hydrogens (tertiary/aromatic N) is 3. The average Bonchev–Trinajstić information content (AvgIpc) is 2.96. The largest absolute Gasteiger partial charge is 0.378 e. The lowest BCUT2D eigenvalue weighted by molar-refractivity contribution is 0.123. The molecule has 8 heteroatoms. The van der Waals surface area contributed by atoms with Crippen LogP contribution in [0.3, 0.4) is 0 Å². The van der Waals surface area contributed by atoms with Gasteiger partial charge in [0.25, 0.3) is 0 Å². The number of sulfone groups is 1. The Morgan fingerprint density at radius 2 is 1.95 bits per heavy atom. The topological polar surface area (TPSA) is 72.4 Å². The molecule has 0 radical (unpaired) electrons. The summed E-state index contributed by atoms with van der Waals surface area (Å²) in [6.45, 7) is 4.55. The number of aromatic nitrogens is 2. The van der Waals surface area contributed by atoms with Gasteiger partial charge in [-0.1, -0.05) is 6.92 Å². The number of hydrogen-bond donors (Lipinski definition) is 0. The summed E-state index contributed by atoms with van der Waals surface area (Å²) in [4.78, 5) is 2.44. The maximum Gasteiger partial charge on any atom is 0.180 e. The molecular weight excluding hydrogens is 298 g/mol. The van der Waals surface area contributed by atoms with Crippen LogP contribution in [0.1, 0.15) is 6.92 Å². The Kier molecular flexibility index (Phi) is 3.61. The van der Waals surface area contributed by atoms with Gasteiger partial charge in [0.15, 0.2) is 9.84 Å². The number of anilines is 1. The van der Waals surface area contributed by atoms with E-state index in [1.54, 1.807) is 13.0 Å². The predicted octanol–water partition coefficient (Wildman–Crippen LogP) is 1.32. The molecule has 0 bridgehead atoms. The van der Waals surface area contributed by atoms with E-state index in [2.05, 4.69) is 13.6 Å². The van der Waals surface area contributed by atoms with Gasteiger partial charge in [0.2, 0.25) is 0 Å². The van der Waals surface area contributed by atoms with Gasteiger partial charge >= 0.3 is 0 Å². The second-order valence-corrected chi connectivity index (χ2v) is 7.32. The van der Waals surface area contributed by atoms with Gasteiger partial charge in [-0.2, -0.15) is 8.75 Å². The Morgan fingerprint density at radius 3 is 2.65 bits per heavy atom. The van der Waals surface area contributed by atoms with Gasteiger partial charge in [0.05, 0.1) is 41.3 Å². The van der Waals surface area contributed by atoms with Crippen molar-refractivity contribution in [1.29, 1.82) is 0 Å². The highest BCUT2D eigenvalue weighted by molar-refractivity contribution is 7.91. The Labute approximate surface area is 121 Å². The molecule has 108 valence electrons. The third-order valence-electron chi connectivity index (χ3n) is 3.42. The van der Waals surface area contributed by atoms with Crippen LogP contribution in [0.5, 0.6) is 0 Å². The zero-order valence-electron chi connectivity index (χ0n) is 11.1. The van der Waals surface area contributed by atoms with E-state index in [0.717, 1.165) is 30.5 Å². The highest BCUT2D eigenvalue weighted by Gasteiger charge is 2.22. The van der Waals surface area contributed by atoms with E-state index in [1.165, 1.54) is 0 Å². The van der Waals surface area contributed by atoms with Crippen molar-refractivity contribution in [3.63, 3.8) is 0 Å². The molecule has 0 saturated carbocycles. The fourth-order valence-electron chi connectivity index (χ4n) is 2.30. The van der Waals surface area contributed by atoms with Crippen LogP contribution in [0.25, 0.3) is 11.0 Å². The summed E-state index contributed by atoms with van der Waals surface area (Å²) in [5, 5.41) is 0. The zero-order valence-corrected chi connectivity index (χ0v) is 12.7. The molecule has 0 amide bonds. The van der Waals surface area contributed by atoms with Crippen molar-refractivity contribution in [3.8, 4) is 0 Å². The van der Waals surface area contributed by atoms with E-state index in [-0.39, 0.29) is 10.6 Å². The molecule has 0 atom stereocenters. The van der Waals surface area contributed by atoms with Gasteiger partial charge in [0, 0.05) is 13.1 Å². The highest BCUT2D eigenvalue weighted by Crippen LogP contribution is 2.31. The minimum absolute atomic E-state index is 0.0660. The molecule has 1 aliphatic heterocycles. The number of morpholine rings is 1. The molecule has 0 spiro atoms. The molecule has 3 rings (SSSR count). The lowest BCUT2D eigenvalue weighted by Crippen LogP contribution is -2.36. The zero-order chi connectivity index (χ0) is 14.2. The Balaban J connectivity index is 2.14. The van der Waals surface area contributed by atoms with Gasteiger partial charge < -0.3 is 9.64 Å². The van der Waals surface area contributed by atoms with Gasteiger partial charge in [-0.15, -0.1) is 0 Å². The van der Waals surface area contributed by atoms with E-state index in [4.69, 9.17) is 4.74 Å². The maximum atomic E-state index is 12.1. The Bertz CT molecular complexity index is 721. The summed E-state index contributed by atoms with van der Waals surface area (Å²) >= 11 is 1.05. The van der Waals surface area contributed by atoms with Gasteiger partial charge in [-0.3, -0.25) is 0 Å². The number of rotatable bonds is 3. The van der Waals surface area contributed by atoms with Crippen molar-refractivity contribution in [2.24, 2.45) is 0 Å². The van der Waals surface area contributed by atoms with Crippen molar-refractivity contribution < 1.29 is 13.2 Å². The number of hydrogen-bond acceptors (Lipinski definition) is 7. The van der Waals surface area contributed by atoms with Crippen LogP contribution in [-0.4, -0.2) is 49.2 Å². The number of benzene rings is 1. The third-order valence-corrected chi connectivity index (χ3v) is 5.71. The second kappa shape index (κ2) is 5.27. The van der Waals surface area contributed by atoms with E-state index in [0.29, 0.717) is 24.2 Å². The van der Waals surface area contributed by atoms with Crippen molar-refractivity contribution in [2.45, 2.75) is 11.8 Å². The van der Waals surface area contributed by atoms with Crippen LogP contribution < -0.4 is 4.90 Å². The fraction of sp³-hybridized carbons (Fsp3) is 0.500. The summed E-state index contributed by atoms with van der Waals surface area (Å²) in [5.41, 5.74) is 2.10. The third kappa shape index (κ3) is 2.27. The van der Waals surface area contributed by atoms with E-state index in [9.17, 15) is 8.42 Å². The summed E-state index contributed by atoms with van der Waals surface area (Å²) < 4.78 is 38.0. The van der Waals surface area contributed by atoms with Crippen LogP contribution in [-0.2, 0) is 14.6 Å². The quantitative estimate of drug-likeness (QED) is 0.851. The minimum atomic E-state index is -3.28. The van der Waals surface area contributed by atoms with Crippen molar-refractivity contribution in [2.75, 3.05) is 37.0 Å². The van der Waals surface area contributed by atoms with Crippen molar-refractivity contribution >= 4 is 38.3 Å². The molecular formula is C12H15N3O3S2.